The molecular weight excluding hydrogens is 182 g/mol. The van der Waals surface area contributed by atoms with E-state index in [0.717, 1.165) is 12.1 Å². The Balaban J connectivity index is 3.12. The fraction of sp³-hybridized carbons (Fsp3) is 0.125. The average molecular weight is 187 g/mol. The molecule has 0 unspecified atom stereocenters. The van der Waals surface area contributed by atoms with Gasteiger partial charge in [-0.05, 0) is 18.2 Å². The molecule has 3 nitrogen and oxygen atoms in total. The molecule has 0 aliphatic heterocycles. The lowest BCUT2D eigenvalue weighted by Gasteiger charge is -2.12. The van der Waals surface area contributed by atoms with Crippen LogP contribution >= 0.6 is 0 Å². The first kappa shape index (κ1) is 9.60. The predicted molar refractivity (Wildman–Crippen MR) is 36.3 cm³/mol. The maximum absolute atomic E-state index is 12.8. The molecule has 1 aromatic carbocycles. The zero-order chi connectivity index (χ0) is 10.0. The molecule has 1 atom stereocenters. The van der Waals surface area contributed by atoms with Gasteiger partial charge in [-0.25, -0.2) is 8.78 Å². The van der Waals surface area contributed by atoms with Gasteiger partial charge < -0.3 is 15.0 Å². The molecule has 0 spiro atoms. The first-order valence-electron chi connectivity index (χ1n) is 3.36. The molecule has 0 amide bonds. The van der Waals surface area contributed by atoms with Gasteiger partial charge in [0.05, 0.1) is 5.97 Å². The number of aliphatic hydroxyl groups excluding tert-OH is 1. The summed E-state index contributed by atoms with van der Waals surface area (Å²) < 4.78 is 25.2. The molecule has 70 valence electrons. The SMILES string of the molecule is O=C([O-])[C@@H](O)c1cc(F)ccc1F. The molecule has 0 aliphatic carbocycles. The zero-order valence-electron chi connectivity index (χ0n) is 6.33. The van der Waals surface area contributed by atoms with Crippen molar-refractivity contribution >= 4 is 5.97 Å². The van der Waals surface area contributed by atoms with Crippen molar-refractivity contribution in [3.63, 3.8) is 0 Å². The molecule has 0 aliphatic rings. The van der Waals surface area contributed by atoms with Crippen LogP contribution in [-0.2, 0) is 4.79 Å². The number of aliphatic hydroxyl groups is 1. The van der Waals surface area contributed by atoms with Gasteiger partial charge in [0.1, 0.15) is 17.7 Å². The highest BCUT2D eigenvalue weighted by molar-refractivity contribution is 5.71. The number of carboxylic acid groups (broad SMARTS) is 1. The minimum Gasteiger partial charge on any atom is -0.547 e. The Labute approximate surface area is 72.2 Å². The number of benzene rings is 1. The largest absolute Gasteiger partial charge is 0.547 e. The van der Waals surface area contributed by atoms with Crippen molar-refractivity contribution in [2.75, 3.05) is 0 Å². The molecule has 0 radical (unpaired) electrons. The second kappa shape index (κ2) is 3.49. The van der Waals surface area contributed by atoms with Crippen LogP contribution < -0.4 is 5.11 Å². The smallest absolute Gasteiger partial charge is 0.129 e. The van der Waals surface area contributed by atoms with Gasteiger partial charge >= 0.3 is 0 Å². The fourth-order valence-corrected chi connectivity index (χ4v) is 0.851. The summed E-state index contributed by atoms with van der Waals surface area (Å²) in [6.07, 6.45) is -2.14. The summed E-state index contributed by atoms with van der Waals surface area (Å²) in [5.41, 5.74) is -0.639. The summed E-state index contributed by atoms with van der Waals surface area (Å²) in [6, 6.07) is 2.16. The molecule has 0 bridgehead atoms. The minimum atomic E-state index is -2.14. The van der Waals surface area contributed by atoms with Gasteiger partial charge in [0.25, 0.3) is 0 Å². The van der Waals surface area contributed by atoms with Gasteiger partial charge in [-0.3, -0.25) is 0 Å². The van der Waals surface area contributed by atoms with Gasteiger partial charge in [0.15, 0.2) is 0 Å². The van der Waals surface area contributed by atoms with Gasteiger partial charge in [-0.2, -0.15) is 0 Å². The molecule has 1 aromatic rings. The minimum absolute atomic E-state index is 0.607. The fourth-order valence-electron chi connectivity index (χ4n) is 0.851. The van der Waals surface area contributed by atoms with Crippen molar-refractivity contribution in [1.29, 1.82) is 0 Å². The average Bonchev–Trinajstić information content (AvgIpc) is 2.08. The number of hydrogen-bond donors (Lipinski definition) is 1. The lowest BCUT2D eigenvalue weighted by molar-refractivity contribution is -0.315. The highest BCUT2D eigenvalue weighted by Gasteiger charge is 2.14. The molecule has 13 heavy (non-hydrogen) atoms. The predicted octanol–water partition coefficient (Wildman–Crippen LogP) is -0.252. The van der Waals surface area contributed by atoms with E-state index in [1.54, 1.807) is 0 Å². The van der Waals surface area contributed by atoms with Crippen LogP contribution in [0.4, 0.5) is 8.78 Å². The summed E-state index contributed by atoms with van der Waals surface area (Å²) in [4.78, 5) is 10.1. The Morgan fingerprint density at radius 1 is 1.46 bits per heavy atom. The second-order valence-electron chi connectivity index (χ2n) is 2.39. The van der Waals surface area contributed by atoms with Crippen molar-refractivity contribution in [2.24, 2.45) is 0 Å². The van der Waals surface area contributed by atoms with E-state index in [1.807, 2.05) is 0 Å². The quantitative estimate of drug-likeness (QED) is 0.694. The van der Waals surface area contributed by atoms with E-state index < -0.39 is 29.3 Å². The van der Waals surface area contributed by atoms with Gasteiger partial charge in [-0.1, -0.05) is 0 Å². The Bertz CT molecular complexity index is 338. The van der Waals surface area contributed by atoms with Crippen LogP contribution in [0.15, 0.2) is 18.2 Å². The van der Waals surface area contributed by atoms with Crippen LogP contribution in [0.25, 0.3) is 0 Å². The number of carbonyl (C=O) groups is 1. The van der Waals surface area contributed by atoms with Crippen LogP contribution in [0.5, 0.6) is 0 Å². The lowest BCUT2D eigenvalue weighted by Crippen LogP contribution is -2.30. The van der Waals surface area contributed by atoms with Gasteiger partial charge in [-0.15, -0.1) is 0 Å². The molecule has 0 saturated heterocycles. The first-order chi connectivity index (χ1) is 6.02. The van der Waals surface area contributed by atoms with E-state index in [-0.39, 0.29) is 0 Å². The monoisotopic (exact) mass is 187 g/mol. The number of rotatable bonds is 2. The number of hydrogen-bond acceptors (Lipinski definition) is 3. The number of carboxylic acids is 1. The third-order valence-corrected chi connectivity index (χ3v) is 1.48. The molecule has 0 fully saturated rings. The van der Waals surface area contributed by atoms with Crippen molar-refractivity contribution < 1.29 is 23.8 Å². The van der Waals surface area contributed by atoms with Gasteiger partial charge in [0.2, 0.25) is 0 Å². The molecule has 1 rings (SSSR count). The molecule has 1 N–H and O–H groups in total. The molecule has 0 heterocycles. The summed E-state index contributed by atoms with van der Waals surface area (Å²) in [5, 5.41) is 18.9. The molecule has 5 heteroatoms. The highest BCUT2D eigenvalue weighted by Crippen LogP contribution is 2.17. The maximum Gasteiger partial charge on any atom is 0.129 e. The van der Waals surface area contributed by atoms with Crippen LogP contribution in [-0.4, -0.2) is 11.1 Å². The summed E-state index contributed by atoms with van der Waals surface area (Å²) in [7, 11) is 0. The Kier molecular flexibility index (Phi) is 2.57. The standard InChI is InChI=1S/C8H6F2O3/c9-4-1-2-6(10)5(3-4)7(11)8(12)13/h1-3,7,11H,(H,12,13)/p-1/t7-/m0/s1. The van der Waals surface area contributed by atoms with Crippen LogP contribution in [0.3, 0.4) is 0 Å². The number of halogens is 2. The van der Waals surface area contributed by atoms with E-state index in [9.17, 15) is 18.7 Å². The van der Waals surface area contributed by atoms with E-state index in [4.69, 9.17) is 5.11 Å². The Morgan fingerprint density at radius 2 is 2.08 bits per heavy atom. The summed E-state index contributed by atoms with van der Waals surface area (Å²) >= 11 is 0. The normalized spacial score (nSPS) is 12.5. The summed E-state index contributed by atoms with van der Waals surface area (Å²) in [5.74, 6) is -3.68. The highest BCUT2D eigenvalue weighted by atomic mass is 19.1. The van der Waals surface area contributed by atoms with Crippen molar-refractivity contribution in [1.82, 2.24) is 0 Å². The maximum atomic E-state index is 12.8. The zero-order valence-corrected chi connectivity index (χ0v) is 6.33. The number of aliphatic carboxylic acids is 1. The first-order valence-corrected chi connectivity index (χ1v) is 3.36. The van der Waals surface area contributed by atoms with E-state index in [1.165, 1.54) is 0 Å². The third kappa shape index (κ3) is 2.00. The topological polar surface area (TPSA) is 60.4 Å². The second-order valence-corrected chi connectivity index (χ2v) is 2.39. The summed E-state index contributed by atoms with van der Waals surface area (Å²) in [6.45, 7) is 0. The van der Waals surface area contributed by atoms with E-state index in [2.05, 4.69) is 0 Å². The van der Waals surface area contributed by atoms with Crippen molar-refractivity contribution in [3.05, 3.63) is 35.4 Å². The molecular formula is C8H5F2O3-. The van der Waals surface area contributed by atoms with Crippen LogP contribution in [0, 0.1) is 11.6 Å². The van der Waals surface area contributed by atoms with Crippen molar-refractivity contribution in [3.8, 4) is 0 Å². The Hall–Kier alpha value is -1.49. The molecule has 0 aromatic heterocycles. The van der Waals surface area contributed by atoms with Crippen LogP contribution in [0.2, 0.25) is 0 Å². The van der Waals surface area contributed by atoms with E-state index in [0.29, 0.717) is 6.07 Å². The van der Waals surface area contributed by atoms with Gasteiger partial charge in [0, 0.05) is 5.56 Å². The van der Waals surface area contributed by atoms with Crippen molar-refractivity contribution in [2.45, 2.75) is 6.10 Å². The van der Waals surface area contributed by atoms with E-state index >= 15 is 0 Å². The Morgan fingerprint density at radius 3 is 2.62 bits per heavy atom. The molecule has 0 saturated carbocycles. The number of carbonyl (C=O) groups excluding carboxylic acids is 1. The lowest BCUT2D eigenvalue weighted by atomic mass is 10.1. The third-order valence-electron chi connectivity index (χ3n) is 1.48. The van der Waals surface area contributed by atoms with Crippen LogP contribution in [0.1, 0.15) is 11.7 Å².